The minimum Gasteiger partial charge on any atom is -0.455 e. The van der Waals surface area contributed by atoms with Crippen LogP contribution in [-0.2, 0) is 5.41 Å². The molecule has 4 aromatic carbocycles. The molecule has 1 nitrogen and oxygen atoms in total. The molecule has 0 unspecified atom stereocenters. The summed E-state index contributed by atoms with van der Waals surface area (Å²) >= 11 is 6.62. The number of hydrogen-bond acceptors (Lipinski definition) is 1. The third kappa shape index (κ3) is 1.76. The van der Waals surface area contributed by atoms with Crippen LogP contribution in [0.1, 0.15) is 25.0 Å². The molecule has 0 aliphatic heterocycles. The minimum absolute atomic E-state index is 0.0809. The summed E-state index contributed by atoms with van der Waals surface area (Å²) in [6.45, 7) is 4.62. The molecule has 0 atom stereocenters. The van der Waals surface area contributed by atoms with Crippen LogP contribution in [0.3, 0.4) is 0 Å². The summed E-state index contributed by atoms with van der Waals surface area (Å²) in [6, 6.07) is 23.2. The van der Waals surface area contributed by atoms with Gasteiger partial charge in [-0.25, -0.2) is 0 Å². The van der Waals surface area contributed by atoms with Gasteiger partial charge in [-0.1, -0.05) is 80.0 Å². The number of hydrogen-bond donors (Lipinski definition) is 0. The van der Waals surface area contributed by atoms with Crippen molar-refractivity contribution >= 4 is 44.3 Å². The Bertz CT molecular complexity index is 1400. The molecule has 1 heterocycles. The van der Waals surface area contributed by atoms with Gasteiger partial charge in [0.15, 0.2) is 0 Å². The standard InChI is InChI=1S/C25H17ClO/c1-25(2)17-11-6-5-10-16(17)21-23(25)15-9-4-3-8-14(15)20-22-18(26)12-7-13-19(22)27-24(20)21/h3-13H,1-2H3. The lowest BCUT2D eigenvalue weighted by Crippen LogP contribution is -2.15. The third-order valence-electron chi connectivity index (χ3n) is 6.10. The summed E-state index contributed by atoms with van der Waals surface area (Å²) in [7, 11) is 0. The van der Waals surface area contributed by atoms with Crippen molar-refractivity contribution in [3.05, 3.63) is 82.9 Å². The molecule has 1 aliphatic rings. The van der Waals surface area contributed by atoms with E-state index in [1.807, 2.05) is 18.2 Å². The molecule has 27 heavy (non-hydrogen) atoms. The highest BCUT2D eigenvalue weighted by molar-refractivity contribution is 6.40. The largest absolute Gasteiger partial charge is 0.455 e. The van der Waals surface area contributed by atoms with Crippen LogP contribution in [0.5, 0.6) is 0 Å². The summed E-state index contributed by atoms with van der Waals surface area (Å²) < 4.78 is 6.45. The van der Waals surface area contributed by atoms with Crippen molar-refractivity contribution in [3.8, 4) is 11.1 Å². The first-order valence-corrected chi connectivity index (χ1v) is 9.62. The monoisotopic (exact) mass is 368 g/mol. The first-order chi connectivity index (χ1) is 13.1. The Morgan fingerprint density at radius 2 is 1.52 bits per heavy atom. The van der Waals surface area contributed by atoms with Crippen LogP contribution in [0.25, 0.3) is 43.8 Å². The van der Waals surface area contributed by atoms with E-state index < -0.39 is 0 Å². The fraction of sp³-hybridized carbons (Fsp3) is 0.120. The maximum absolute atomic E-state index is 6.62. The van der Waals surface area contributed by atoms with Crippen LogP contribution in [-0.4, -0.2) is 0 Å². The Morgan fingerprint density at radius 1 is 0.778 bits per heavy atom. The van der Waals surface area contributed by atoms with E-state index in [0.29, 0.717) is 0 Å². The van der Waals surface area contributed by atoms with E-state index in [-0.39, 0.29) is 5.41 Å². The summed E-state index contributed by atoms with van der Waals surface area (Å²) in [5.41, 5.74) is 6.90. The molecular weight excluding hydrogens is 352 g/mol. The second kappa shape index (κ2) is 4.94. The van der Waals surface area contributed by atoms with E-state index in [0.717, 1.165) is 27.0 Å². The second-order valence-electron chi connectivity index (χ2n) is 7.89. The molecule has 5 aromatic rings. The second-order valence-corrected chi connectivity index (χ2v) is 8.29. The molecular formula is C25H17ClO. The van der Waals surface area contributed by atoms with Crippen molar-refractivity contribution in [2.75, 3.05) is 0 Å². The van der Waals surface area contributed by atoms with Crippen LogP contribution in [0, 0.1) is 0 Å². The molecule has 0 saturated carbocycles. The van der Waals surface area contributed by atoms with Crippen LogP contribution in [0.15, 0.2) is 71.1 Å². The minimum atomic E-state index is -0.0809. The molecule has 0 bridgehead atoms. The normalized spacial score (nSPS) is 14.8. The number of benzene rings is 4. The Kier molecular flexibility index (Phi) is 2.80. The van der Waals surface area contributed by atoms with E-state index in [1.54, 1.807) is 0 Å². The molecule has 0 spiro atoms. The SMILES string of the molecule is CC1(C)c2ccccc2-c2c1c1ccccc1c1c2oc2cccc(Cl)c21. The van der Waals surface area contributed by atoms with Crippen LogP contribution in [0.2, 0.25) is 5.02 Å². The van der Waals surface area contributed by atoms with Gasteiger partial charge in [-0.2, -0.15) is 0 Å². The predicted molar refractivity (Wildman–Crippen MR) is 114 cm³/mol. The topological polar surface area (TPSA) is 13.1 Å². The van der Waals surface area contributed by atoms with Gasteiger partial charge in [0.2, 0.25) is 0 Å². The molecule has 0 fully saturated rings. The van der Waals surface area contributed by atoms with Crippen LogP contribution >= 0.6 is 11.6 Å². The van der Waals surface area contributed by atoms with Crippen molar-refractivity contribution < 1.29 is 4.42 Å². The Balaban J connectivity index is 1.99. The van der Waals surface area contributed by atoms with E-state index >= 15 is 0 Å². The van der Waals surface area contributed by atoms with Crippen molar-refractivity contribution in [3.63, 3.8) is 0 Å². The lowest BCUT2D eigenvalue weighted by atomic mass is 9.79. The summed E-state index contributed by atoms with van der Waals surface area (Å²) in [4.78, 5) is 0. The van der Waals surface area contributed by atoms with Gasteiger partial charge in [-0.05, 0) is 39.6 Å². The number of furan rings is 1. The van der Waals surface area contributed by atoms with Gasteiger partial charge in [-0.15, -0.1) is 0 Å². The summed E-state index contributed by atoms with van der Waals surface area (Å²) in [6.07, 6.45) is 0. The maximum Gasteiger partial charge on any atom is 0.144 e. The van der Waals surface area contributed by atoms with Crippen molar-refractivity contribution in [1.82, 2.24) is 0 Å². The number of halogens is 1. The first kappa shape index (κ1) is 15.3. The zero-order chi connectivity index (χ0) is 18.3. The van der Waals surface area contributed by atoms with Gasteiger partial charge in [0.1, 0.15) is 11.2 Å². The van der Waals surface area contributed by atoms with Gasteiger partial charge in [-0.3, -0.25) is 0 Å². The molecule has 0 radical (unpaired) electrons. The zero-order valence-corrected chi connectivity index (χ0v) is 15.9. The molecule has 2 heteroatoms. The van der Waals surface area contributed by atoms with Crippen LogP contribution < -0.4 is 0 Å². The number of fused-ring (bicyclic) bond motifs is 10. The highest BCUT2D eigenvalue weighted by Crippen LogP contribution is 2.56. The van der Waals surface area contributed by atoms with Gasteiger partial charge in [0, 0.05) is 21.8 Å². The first-order valence-electron chi connectivity index (χ1n) is 9.25. The van der Waals surface area contributed by atoms with Crippen molar-refractivity contribution in [2.45, 2.75) is 19.3 Å². The maximum atomic E-state index is 6.62. The fourth-order valence-electron chi connectivity index (χ4n) is 4.99. The zero-order valence-electron chi connectivity index (χ0n) is 15.1. The molecule has 0 saturated heterocycles. The smallest absolute Gasteiger partial charge is 0.144 e. The van der Waals surface area contributed by atoms with Gasteiger partial charge >= 0.3 is 0 Å². The Labute approximate surface area is 162 Å². The lowest BCUT2D eigenvalue weighted by Gasteiger charge is -2.23. The van der Waals surface area contributed by atoms with E-state index in [9.17, 15) is 0 Å². The van der Waals surface area contributed by atoms with E-state index in [1.165, 1.54) is 33.0 Å². The highest BCUT2D eigenvalue weighted by atomic mass is 35.5. The quantitative estimate of drug-likeness (QED) is 0.273. The van der Waals surface area contributed by atoms with Gasteiger partial charge in [0.25, 0.3) is 0 Å². The van der Waals surface area contributed by atoms with Gasteiger partial charge in [0.05, 0.1) is 5.02 Å². The van der Waals surface area contributed by atoms with Crippen molar-refractivity contribution in [1.29, 1.82) is 0 Å². The average molecular weight is 369 g/mol. The van der Waals surface area contributed by atoms with Gasteiger partial charge < -0.3 is 4.42 Å². The number of rotatable bonds is 0. The molecule has 1 aliphatic carbocycles. The molecule has 130 valence electrons. The van der Waals surface area contributed by atoms with Crippen LogP contribution in [0.4, 0.5) is 0 Å². The highest BCUT2D eigenvalue weighted by Gasteiger charge is 2.39. The third-order valence-corrected chi connectivity index (χ3v) is 6.42. The van der Waals surface area contributed by atoms with E-state index in [4.69, 9.17) is 16.0 Å². The van der Waals surface area contributed by atoms with E-state index in [2.05, 4.69) is 62.4 Å². The Morgan fingerprint density at radius 3 is 2.37 bits per heavy atom. The molecule has 0 N–H and O–H groups in total. The molecule has 0 amide bonds. The Hall–Kier alpha value is -2.77. The lowest BCUT2D eigenvalue weighted by molar-refractivity contribution is 0.657. The average Bonchev–Trinajstić information content (AvgIpc) is 3.17. The van der Waals surface area contributed by atoms with Crippen molar-refractivity contribution in [2.24, 2.45) is 0 Å². The summed E-state index contributed by atoms with van der Waals surface area (Å²) in [5, 5.41) is 5.36. The summed E-state index contributed by atoms with van der Waals surface area (Å²) in [5.74, 6) is 0. The fourth-order valence-corrected chi connectivity index (χ4v) is 5.25. The predicted octanol–water partition coefficient (Wildman–Crippen LogP) is 7.70. The molecule has 6 rings (SSSR count). The molecule has 1 aromatic heterocycles.